The lowest BCUT2D eigenvalue weighted by atomic mass is 10.2. The van der Waals surface area contributed by atoms with E-state index in [1.807, 2.05) is 48.5 Å². The van der Waals surface area contributed by atoms with E-state index < -0.39 is 0 Å². The smallest absolute Gasteiger partial charge is 0.245 e. The lowest BCUT2D eigenvalue weighted by Crippen LogP contribution is -2.03. The van der Waals surface area contributed by atoms with Crippen molar-refractivity contribution in [1.82, 2.24) is 19.5 Å². The molecule has 0 fully saturated rings. The summed E-state index contributed by atoms with van der Waals surface area (Å²) in [5.41, 5.74) is 3.67. The molecule has 0 aliphatic heterocycles. The molecule has 0 atom stereocenters. The van der Waals surface area contributed by atoms with Crippen LogP contribution in [0.15, 0.2) is 67.0 Å². The molecule has 0 saturated carbocycles. The summed E-state index contributed by atoms with van der Waals surface area (Å²) in [4.78, 5) is 13.4. The zero-order chi connectivity index (χ0) is 16.4. The van der Waals surface area contributed by atoms with Crippen LogP contribution in [-0.4, -0.2) is 26.6 Å². The first-order chi connectivity index (χ1) is 11.9. The predicted molar refractivity (Wildman–Crippen MR) is 92.9 cm³/mol. The lowest BCUT2D eigenvalue weighted by Gasteiger charge is -2.09. The van der Waals surface area contributed by atoms with E-state index in [0.717, 1.165) is 17.0 Å². The van der Waals surface area contributed by atoms with Gasteiger partial charge in [-0.2, -0.15) is 4.98 Å². The molecule has 5 heteroatoms. The molecule has 2 aromatic heterocycles. The molecule has 0 saturated heterocycles. The molecule has 0 unspecified atom stereocenters. The summed E-state index contributed by atoms with van der Waals surface area (Å²) in [6.45, 7) is 0.682. The first kappa shape index (κ1) is 14.4. The van der Waals surface area contributed by atoms with Crippen LogP contribution in [0.5, 0.6) is 5.88 Å². The Balaban J connectivity index is 1.94. The topological polar surface area (TPSA) is 52.8 Å². The lowest BCUT2D eigenvalue weighted by molar-refractivity contribution is 0.401. The minimum atomic E-state index is 0.490. The van der Waals surface area contributed by atoms with Gasteiger partial charge in [-0.05, 0) is 5.56 Å². The van der Waals surface area contributed by atoms with Crippen molar-refractivity contribution < 1.29 is 4.74 Å². The second-order valence-electron chi connectivity index (χ2n) is 5.43. The van der Waals surface area contributed by atoms with Crippen LogP contribution < -0.4 is 4.74 Å². The summed E-state index contributed by atoms with van der Waals surface area (Å²) in [5, 5.41) is 0. The van der Waals surface area contributed by atoms with Crippen molar-refractivity contribution in [2.24, 2.45) is 0 Å². The molecule has 0 radical (unpaired) electrons. The number of imidazole rings is 1. The van der Waals surface area contributed by atoms with Gasteiger partial charge in [0.15, 0.2) is 11.2 Å². The third-order valence-corrected chi connectivity index (χ3v) is 3.91. The van der Waals surface area contributed by atoms with E-state index in [1.165, 1.54) is 11.9 Å². The van der Waals surface area contributed by atoms with Gasteiger partial charge in [0, 0.05) is 5.56 Å². The fraction of sp³-hybridized carbons (Fsp3) is 0.105. The number of rotatable bonds is 4. The van der Waals surface area contributed by atoms with Crippen molar-refractivity contribution in [2.75, 3.05) is 7.11 Å². The summed E-state index contributed by atoms with van der Waals surface area (Å²) in [6.07, 6.45) is 1.51. The van der Waals surface area contributed by atoms with E-state index in [0.29, 0.717) is 17.9 Å². The Bertz CT molecular complexity index is 965. The van der Waals surface area contributed by atoms with Crippen LogP contribution in [0.4, 0.5) is 0 Å². The average molecular weight is 316 g/mol. The van der Waals surface area contributed by atoms with Gasteiger partial charge >= 0.3 is 0 Å². The van der Waals surface area contributed by atoms with Crippen molar-refractivity contribution in [3.63, 3.8) is 0 Å². The maximum Gasteiger partial charge on any atom is 0.245 e. The van der Waals surface area contributed by atoms with E-state index in [9.17, 15) is 0 Å². The Morgan fingerprint density at radius 3 is 2.33 bits per heavy atom. The molecule has 0 amide bonds. The number of nitrogens with zero attached hydrogens (tertiary/aromatic N) is 4. The number of aromatic nitrogens is 4. The summed E-state index contributed by atoms with van der Waals surface area (Å²) in [6, 6.07) is 20.4. The molecule has 0 spiro atoms. The number of benzene rings is 2. The molecule has 4 rings (SSSR count). The van der Waals surface area contributed by atoms with Gasteiger partial charge in [0.05, 0.1) is 13.7 Å². The predicted octanol–water partition coefficient (Wildman–Crippen LogP) is 3.55. The van der Waals surface area contributed by atoms with Crippen LogP contribution in [0, 0.1) is 0 Å². The fourth-order valence-corrected chi connectivity index (χ4v) is 2.79. The van der Waals surface area contributed by atoms with Crippen LogP contribution in [0.2, 0.25) is 0 Å². The number of methoxy groups -OCH3 is 1. The van der Waals surface area contributed by atoms with Crippen LogP contribution >= 0.6 is 0 Å². The second-order valence-corrected chi connectivity index (χ2v) is 5.43. The third-order valence-electron chi connectivity index (χ3n) is 3.91. The normalized spacial score (nSPS) is 10.9. The van der Waals surface area contributed by atoms with E-state index in [4.69, 9.17) is 9.72 Å². The standard InChI is InChI=1S/C19H16N4O/c1-24-19-16-18(20-13-21-19)23(12-14-8-4-2-5-9-14)17(22-16)15-10-6-3-7-11-15/h2-11,13H,12H2,1H3. The Kier molecular flexibility index (Phi) is 3.67. The molecule has 0 aliphatic carbocycles. The largest absolute Gasteiger partial charge is 0.479 e. The highest BCUT2D eigenvalue weighted by Gasteiger charge is 2.17. The molecule has 4 aromatic rings. The number of ether oxygens (including phenoxy) is 1. The fourth-order valence-electron chi connectivity index (χ4n) is 2.79. The number of hydrogen-bond acceptors (Lipinski definition) is 4. The summed E-state index contributed by atoms with van der Waals surface area (Å²) in [7, 11) is 1.60. The Morgan fingerprint density at radius 1 is 0.917 bits per heavy atom. The second kappa shape index (κ2) is 6.12. The van der Waals surface area contributed by atoms with Crippen LogP contribution in [0.3, 0.4) is 0 Å². The first-order valence-electron chi connectivity index (χ1n) is 7.71. The van der Waals surface area contributed by atoms with Crippen molar-refractivity contribution in [1.29, 1.82) is 0 Å². The van der Waals surface area contributed by atoms with Crippen LogP contribution in [0.1, 0.15) is 5.56 Å². The molecule has 2 heterocycles. The average Bonchev–Trinajstić information content (AvgIpc) is 3.02. The molecule has 0 bridgehead atoms. The highest BCUT2D eigenvalue weighted by atomic mass is 16.5. The summed E-state index contributed by atoms with van der Waals surface area (Å²) < 4.78 is 7.46. The Hall–Kier alpha value is -3.21. The minimum Gasteiger partial charge on any atom is -0.479 e. The molecule has 0 aliphatic rings. The molecule has 0 N–H and O–H groups in total. The van der Waals surface area contributed by atoms with Crippen LogP contribution in [0.25, 0.3) is 22.6 Å². The monoisotopic (exact) mass is 316 g/mol. The van der Waals surface area contributed by atoms with Gasteiger partial charge in [-0.3, -0.25) is 0 Å². The van der Waals surface area contributed by atoms with E-state index in [1.54, 1.807) is 7.11 Å². The summed E-state index contributed by atoms with van der Waals surface area (Å²) >= 11 is 0. The van der Waals surface area contributed by atoms with Gasteiger partial charge in [0.2, 0.25) is 5.88 Å². The summed E-state index contributed by atoms with van der Waals surface area (Å²) in [5.74, 6) is 1.34. The SMILES string of the molecule is COc1ncnc2c1nc(-c1ccccc1)n2Cc1ccccc1. The highest BCUT2D eigenvalue weighted by molar-refractivity contribution is 5.81. The van der Waals surface area contributed by atoms with Crippen LogP contribution in [-0.2, 0) is 6.54 Å². The zero-order valence-corrected chi connectivity index (χ0v) is 13.3. The molecule has 5 nitrogen and oxygen atoms in total. The maximum absolute atomic E-state index is 5.35. The van der Waals surface area contributed by atoms with Crippen molar-refractivity contribution in [3.05, 3.63) is 72.6 Å². The van der Waals surface area contributed by atoms with Crippen molar-refractivity contribution >= 4 is 11.2 Å². The van der Waals surface area contributed by atoms with Gasteiger partial charge in [-0.1, -0.05) is 60.7 Å². The van der Waals surface area contributed by atoms with Gasteiger partial charge < -0.3 is 9.30 Å². The molecule has 2 aromatic carbocycles. The Morgan fingerprint density at radius 2 is 1.62 bits per heavy atom. The maximum atomic E-state index is 5.35. The highest BCUT2D eigenvalue weighted by Crippen LogP contribution is 2.28. The van der Waals surface area contributed by atoms with Gasteiger partial charge in [-0.25, -0.2) is 9.97 Å². The zero-order valence-electron chi connectivity index (χ0n) is 13.3. The van der Waals surface area contributed by atoms with Crippen molar-refractivity contribution in [3.8, 4) is 17.3 Å². The van der Waals surface area contributed by atoms with Gasteiger partial charge in [-0.15, -0.1) is 0 Å². The number of hydrogen-bond donors (Lipinski definition) is 0. The van der Waals surface area contributed by atoms with Crippen molar-refractivity contribution in [2.45, 2.75) is 6.54 Å². The Labute approximate surface area is 139 Å². The number of fused-ring (bicyclic) bond motifs is 1. The minimum absolute atomic E-state index is 0.490. The molecular formula is C19H16N4O. The van der Waals surface area contributed by atoms with E-state index >= 15 is 0 Å². The quantitative estimate of drug-likeness (QED) is 0.578. The first-order valence-corrected chi connectivity index (χ1v) is 7.71. The third kappa shape index (κ3) is 2.50. The van der Waals surface area contributed by atoms with Gasteiger partial charge in [0.25, 0.3) is 0 Å². The van der Waals surface area contributed by atoms with Gasteiger partial charge in [0.1, 0.15) is 12.2 Å². The molecular weight excluding hydrogens is 300 g/mol. The molecule has 118 valence electrons. The van der Waals surface area contributed by atoms with E-state index in [2.05, 4.69) is 26.7 Å². The van der Waals surface area contributed by atoms with E-state index in [-0.39, 0.29) is 0 Å². The molecule has 24 heavy (non-hydrogen) atoms.